The number of hydrogen-bond acceptors (Lipinski definition) is 2. The van der Waals surface area contributed by atoms with Crippen LogP contribution in [0.25, 0.3) is 0 Å². The fourth-order valence-corrected chi connectivity index (χ4v) is 1.52. The zero-order valence-electron chi connectivity index (χ0n) is 8.33. The molecular weight excluding hydrogens is 152 g/mol. The van der Waals surface area contributed by atoms with Crippen LogP contribution in [0.2, 0.25) is 0 Å². The molecule has 0 aromatic heterocycles. The van der Waals surface area contributed by atoms with E-state index in [-0.39, 0.29) is 12.2 Å². The lowest BCUT2D eigenvalue weighted by molar-refractivity contribution is -0.146. The van der Waals surface area contributed by atoms with E-state index >= 15 is 0 Å². The maximum absolute atomic E-state index is 5.72. The molecule has 1 saturated heterocycles. The van der Waals surface area contributed by atoms with Crippen molar-refractivity contribution in [3.63, 3.8) is 0 Å². The first kappa shape index (κ1) is 9.75. The highest BCUT2D eigenvalue weighted by Crippen LogP contribution is 2.32. The van der Waals surface area contributed by atoms with Crippen molar-refractivity contribution in [3.05, 3.63) is 12.7 Å². The van der Waals surface area contributed by atoms with Gasteiger partial charge in [0.25, 0.3) is 0 Å². The standard InChI is InChI=1S/C10H18O2/c1-6-8-9(7(2)3)12-10(4,5)11-8/h6-9H,1H2,2-5H3/t8-,9-/m1/s1. The second-order valence-corrected chi connectivity index (χ2v) is 4.04. The molecule has 1 aliphatic rings. The molecule has 0 aromatic rings. The molecule has 1 heterocycles. The molecule has 2 nitrogen and oxygen atoms in total. The Labute approximate surface area is 74.6 Å². The van der Waals surface area contributed by atoms with Gasteiger partial charge in [-0.25, -0.2) is 0 Å². The molecule has 0 spiro atoms. The van der Waals surface area contributed by atoms with Gasteiger partial charge in [-0.05, 0) is 19.8 Å². The average Bonchev–Trinajstić information content (AvgIpc) is 2.25. The molecule has 0 aliphatic carbocycles. The maximum Gasteiger partial charge on any atom is 0.164 e. The predicted molar refractivity (Wildman–Crippen MR) is 48.9 cm³/mol. The first-order valence-corrected chi connectivity index (χ1v) is 4.44. The van der Waals surface area contributed by atoms with Crippen molar-refractivity contribution < 1.29 is 9.47 Å². The summed E-state index contributed by atoms with van der Waals surface area (Å²) in [5.41, 5.74) is 0. The summed E-state index contributed by atoms with van der Waals surface area (Å²) in [4.78, 5) is 0. The molecule has 1 aliphatic heterocycles. The Morgan fingerprint density at radius 3 is 2.25 bits per heavy atom. The third-order valence-corrected chi connectivity index (χ3v) is 2.05. The van der Waals surface area contributed by atoms with Crippen LogP contribution in [0.3, 0.4) is 0 Å². The van der Waals surface area contributed by atoms with E-state index in [1.807, 2.05) is 19.9 Å². The normalized spacial score (nSPS) is 34.1. The van der Waals surface area contributed by atoms with Crippen LogP contribution in [0.15, 0.2) is 12.7 Å². The molecular formula is C10H18O2. The van der Waals surface area contributed by atoms with Gasteiger partial charge >= 0.3 is 0 Å². The average molecular weight is 170 g/mol. The molecule has 70 valence electrons. The zero-order chi connectivity index (χ0) is 9.35. The number of hydrogen-bond donors (Lipinski definition) is 0. The summed E-state index contributed by atoms with van der Waals surface area (Å²) in [6.07, 6.45) is 2.01. The Kier molecular flexibility index (Phi) is 2.59. The summed E-state index contributed by atoms with van der Waals surface area (Å²) in [5.74, 6) is 0.0168. The van der Waals surface area contributed by atoms with Gasteiger partial charge in [0.1, 0.15) is 6.10 Å². The van der Waals surface area contributed by atoms with Gasteiger partial charge in [0.2, 0.25) is 0 Å². The molecule has 0 radical (unpaired) electrons. The number of rotatable bonds is 2. The van der Waals surface area contributed by atoms with Crippen LogP contribution < -0.4 is 0 Å². The summed E-state index contributed by atoms with van der Waals surface area (Å²) in [6.45, 7) is 11.9. The minimum Gasteiger partial charge on any atom is -0.344 e. The fourth-order valence-electron chi connectivity index (χ4n) is 1.52. The monoisotopic (exact) mass is 170 g/mol. The highest BCUT2D eigenvalue weighted by atomic mass is 16.7. The van der Waals surface area contributed by atoms with Crippen LogP contribution in [-0.4, -0.2) is 18.0 Å². The van der Waals surface area contributed by atoms with Crippen molar-refractivity contribution in [2.75, 3.05) is 0 Å². The quantitative estimate of drug-likeness (QED) is 0.592. The smallest absolute Gasteiger partial charge is 0.164 e. The van der Waals surface area contributed by atoms with Crippen molar-refractivity contribution >= 4 is 0 Å². The van der Waals surface area contributed by atoms with E-state index in [1.165, 1.54) is 0 Å². The third-order valence-electron chi connectivity index (χ3n) is 2.05. The minimum absolute atomic E-state index is 0.0417. The molecule has 1 rings (SSSR count). The topological polar surface area (TPSA) is 18.5 Å². The summed E-state index contributed by atoms with van der Waals surface area (Å²) in [5, 5.41) is 0. The lowest BCUT2D eigenvalue weighted by atomic mass is 10.0. The molecule has 0 N–H and O–H groups in total. The molecule has 12 heavy (non-hydrogen) atoms. The molecule has 0 amide bonds. The Morgan fingerprint density at radius 1 is 1.33 bits per heavy atom. The van der Waals surface area contributed by atoms with E-state index in [0.29, 0.717) is 5.92 Å². The second kappa shape index (κ2) is 3.19. The van der Waals surface area contributed by atoms with Gasteiger partial charge < -0.3 is 9.47 Å². The van der Waals surface area contributed by atoms with E-state index in [4.69, 9.17) is 9.47 Å². The second-order valence-electron chi connectivity index (χ2n) is 4.04. The molecule has 0 aromatic carbocycles. The van der Waals surface area contributed by atoms with E-state index < -0.39 is 5.79 Å². The molecule has 0 bridgehead atoms. The molecule has 1 fully saturated rings. The highest BCUT2D eigenvalue weighted by Gasteiger charge is 2.40. The molecule has 2 atom stereocenters. The molecule has 0 saturated carbocycles. The van der Waals surface area contributed by atoms with Crippen molar-refractivity contribution in [2.45, 2.75) is 45.7 Å². The van der Waals surface area contributed by atoms with Crippen LogP contribution in [0.1, 0.15) is 27.7 Å². The number of ether oxygens (including phenoxy) is 2. The maximum atomic E-state index is 5.72. The van der Waals surface area contributed by atoms with Gasteiger partial charge in [0.15, 0.2) is 5.79 Å². The van der Waals surface area contributed by atoms with Crippen molar-refractivity contribution in [1.29, 1.82) is 0 Å². The van der Waals surface area contributed by atoms with E-state index in [0.717, 1.165) is 0 Å². The fraction of sp³-hybridized carbons (Fsp3) is 0.800. The van der Waals surface area contributed by atoms with Crippen molar-refractivity contribution in [3.8, 4) is 0 Å². The third kappa shape index (κ3) is 1.87. The van der Waals surface area contributed by atoms with Gasteiger partial charge in [-0.2, -0.15) is 0 Å². The van der Waals surface area contributed by atoms with Crippen LogP contribution in [0.5, 0.6) is 0 Å². The van der Waals surface area contributed by atoms with Crippen LogP contribution in [-0.2, 0) is 9.47 Å². The Bertz CT molecular complexity index is 173. The van der Waals surface area contributed by atoms with Gasteiger partial charge in [-0.15, -0.1) is 6.58 Å². The Hall–Kier alpha value is -0.340. The minimum atomic E-state index is -0.451. The van der Waals surface area contributed by atoms with Gasteiger partial charge in [0.05, 0.1) is 6.10 Å². The van der Waals surface area contributed by atoms with Crippen molar-refractivity contribution in [1.82, 2.24) is 0 Å². The summed E-state index contributed by atoms with van der Waals surface area (Å²) in [7, 11) is 0. The van der Waals surface area contributed by atoms with Crippen LogP contribution in [0.4, 0.5) is 0 Å². The van der Waals surface area contributed by atoms with E-state index in [2.05, 4.69) is 20.4 Å². The summed E-state index contributed by atoms with van der Waals surface area (Å²) in [6, 6.07) is 0. The lowest BCUT2D eigenvalue weighted by Gasteiger charge is -2.18. The lowest BCUT2D eigenvalue weighted by Crippen LogP contribution is -2.26. The first-order valence-electron chi connectivity index (χ1n) is 4.44. The molecule has 0 unspecified atom stereocenters. The van der Waals surface area contributed by atoms with Crippen LogP contribution >= 0.6 is 0 Å². The Balaban J connectivity index is 2.69. The van der Waals surface area contributed by atoms with E-state index in [9.17, 15) is 0 Å². The molecule has 2 heteroatoms. The van der Waals surface area contributed by atoms with Crippen molar-refractivity contribution in [2.24, 2.45) is 5.92 Å². The van der Waals surface area contributed by atoms with Gasteiger partial charge in [0, 0.05) is 0 Å². The largest absolute Gasteiger partial charge is 0.344 e. The first-order chi connectivity index (χ1) is 5.46. The van der Waals surface area contributed by atoms with Crippen LogP contribution in [0, 0.1) is 5.92 Å². The zero-order valence-corrected chi connectivity index (χ0v) is 8.33. The summed E-state index contributed by atoms with van der Waals surface area (Å²) >= 11 is 0. The highest BCUT2D eigenvalue weighted by molar-refractivity contribution is 4.94. The predicted octanol–water partition coefficient (Wildman–Crippen LogP) is 2.35. The van der Waals surface area contributed by atoms with Gasteiger partial charge in [-0.1, -0.05) is 19.9 Å². The Morgan fingerprint density at radius 2 is 1.92 bits per heavy atom. The van der Waals surface area contributed by atoms with Gasteiger partial charge in [-0.3, -0.25) is 0 Å². The summed E-state index contributed by atoms with van der Waals surface area (Å²) < 4.78 is 11.4. The van der Waals surface area contributed by atoms with E-state index in [1.54, 1.807) is 0 Å². The SMILES string of the molecule is C=C[C@H]1OC(C)(C)O[C@@H]1C(C)C.